The van der Waals surface area contributed by atoms with Crippen LogP contribution in [0.4, 0.5) is 4.79 Å². The van der Waals surface area contributed by atoms with Gasteiger partial charge >= 0.3 is 6.09 Å². The molecule has 0 bridgehead atoms. The number of halogens is 1. The molecular formula is C13H9ClN2O4. The van der Waals surface area contributed by atoms with Crippen molar-refractivity contribution in [2.75, 3.05) is 7.11 Å². The molecule has 2 N–H and O–H groups in total. The van der Waals surface area contributed by atoms with Crippen molar-refractivity contribution in [3.05, 3.63) is 29.5 Å². The zero-order valence-electron chi connectivity index (χ0n) is 10.3. The number of carboxylic acid groups (broad SMARTS) is 1. The van der Waals surface area contributed by atoms with Gasteiger partial charge in [0.25, 0.3) is 0 Å². The molecule has 3 aromatic rings. The second kappa shape index (κ2) is 4.28. The van der Waals surface area contributed by atoms with Crippen LogP contribution >= 0.6 is 11.6 Å². The van der Waals surface area contributed by atoms with Crippen LogP contribution in [-0.2, 0) is 0 Å². The van der Waals surface area contributed by atoms with E-state index in [2.05, 4.69) is 4.98 Å². The first-order chi connectivity index (χ1) is 9.54. The normalized spacial score (nSPS) is 11.1. The molecule has 0 aliphatic rings. The van der Waals surface area contributed by atoms with Crippen LogP contribution in [0.1, 0.15) is 0 Å². The minimum Gasteiger partial charge on any atom is -0.504 e. The van der Waals surface area contributed by atoms with E-state index in [1.54, 1.807) is 12.1 Å². The summed E-state index contributed by atoms with van der Waals surface area (Å²) in [5.41, 5.74) is 0.723. The lowest BCUT2D eigenvalue weighted by molar-refractivity contribution is 0.198. The lowest BCUT2D eigenvalue weighted by Gasteiger charge is -2.04. The van der Waals surface area contributed by atoms with Crippen LogP contribution in [0.5, 0.6) is 11.5 Å². The molecule has 2 aromatic heterocycles. The Morgan fingerprint density at radius 3 is 2.80 bits per heavy atom. The number of fused-ring (bicyclic) bond motifs is 3. The number of phenolic OH excluding ortho intramolecular Hbond substituents is 1. The van der Waals surface area contributed by atoms with Crippen LogP contribution in [0, 0.1) is 0 Å². The molecule has 6 nitrogen and oxygen atoms in total. The number of rotatable bonds is 1. The number of phenols is 1. The highest BCUT2D eigenvalue weighted by atomic mass is 35.5. The van der Waals surface area contributed by atoms with Crippen LogP contribution in [-0.4, -0.2) is 33.0 Å². The zero-order valence-corrected chi connectivity index (χ0v) is 11.0. The predicted molar refractivity (Wildman–Crippen MR) is 73.9 cm³/mol. The molecule has 1 aromatic carbocycles. The maximum atomic E-state index is 11.5. The van der Waals surface area contributed by atoms with Crippen molar-refractivity contribution < 1.29 is 19.7 Å². The lowest BCUT2D eigenvalue weighted by atomic mass is 10.2. The van der Waals surface area contributed by atoms with Crippen molar-refractivity contribution in [2.24, 2.45) is 0 Å². The van der Waals surface area contributed by atoms with E-state index in [0.29, 0.717) is 21.8 Å². The standard InChI is InChI=1S/C13H9ClN2O4/c1-20-10-4-6-8(5-9(10)17)16(13(18)19)7-2-3-15-12(14)11(6)7/h2-5,17H,1H3,(H,18,19). The van der Waals surface area contributed by atoms with Gasteiger partial charge in [0, 0.05) is 23.0 Å². The van der Waals surface area contributed by atoms with Crippen LogP contribution in [0.3, 0.4) is 0 Å². The Labute approximate surface area is 117 Å². The number of benzene rings is 1. The second-order valence-corrected chi connectivity index (χ2v) is 4.51. The summed E-state index contributed by atoms with van der Waals surface area (Å²) in [7, 11) is 1.41. The van der Waals surface area contributed by atoms with E-state index in [1.807, 2.05) is 0 Å². The van der Waals surface area contributed by atoms with E-state index < -0.39 is 6.09 Å². The summed E-state index contributed by atoms with van der Waals surface area (Å²) in [6.07, 6.45) is 0.261. The van der Waals surface area contributed by atoms with Crippen LogP contribution < -0.4 is 4.74 Å². The van der Waals surface area contributed by atoms with Crippen LogP contribution in [0.15, 0.2) is 24.4 Å². The van der Waals surface area contributed by atoms with Gasteiger partial charge in [-0.25, -0.2) is 14.3 Å². The van der Waals surface area contributed by atoms with E-state index >= 15 is 0 Å². The Balaban J connectivity index is 2.61. The van der Waals surface area contributed by atoms with E-state index in [1.165, 1.54) is 19.4 Å². The molecule has 0 unspecified atom stereocenters. The van der Waals surface area contributed by atoms with Crippen LogP contribution in [0.25, 0.3) is 21.8 Å². The molecule has 3 rings (SSSR count). The van der Waals surface area contributed by atoms with Crippen molar-refractivity contribution in [2.45, 2.75) is 0 Å². The van der Waals surface area contributed by atoms with E-state index in [4.69, 9.17) is 16.3 Å². The van der Waals surface area contributed by atoms with E-state index in [-0.39, 0.29) is 16.7 Å². The summed E-state index contributed by atoms with van der Waals surface area (Å²) in [6, 6.07) is 4.43. The fraction of sp³-hybridized carbons (Fsp3) is 0.0769. The second-order valence-electron chi connectivity index (χ2n) is 4.16. The molecule has 0 fully saturated rings. The summed E-state index contributed by atoms with van der Waals surface area (Å²) < 4.78 is 6.09. The SMILES string of the molecule is COc1cc2c3c(Cl)nccc3n(C(=O)O)c2cc1O. The average molecular weight is 293 g/mol. The van der Waals surface area contributed by atoms with Crippen molar-refractivity contribution in [1.29, 1.82) is 0 Å². The quantitative estimate of drug-likeness (QED) is 0.673. The smallest absolute Gasteiger partial charge is 0.416 e. The van der Waals surface area contributed by atoms with Gasteiger partial charge in [-0.1, -0.05) is 11.6 Å². The number of hydrogen-bond donors (Lipinski definition) is 2. The number of hydrogen-bond acceptors (Lipinski definition) is 4. The highest BCUT2D eigenvalue weighted by molar-refractivity contribution is 6.37. The Morgan fingerprint density at radius 2 is 2.15 bits per heavy atom. The average Bonchev–Trinajstić information content (AvgIpc) is 2.72. The third-order valence-corrected chi connectivity index (χ3v) is 3.41. The van der Waals surface area contributed by atoms with Crippen LogP contribution in [0.2, 0.25) is 5.15 Å². The first-order valence-electron chi connectivity index (χ1n) is 5.63. The number of pyridine rings is 1. The van der Waals surface area contributed by atoms with Gasteiger partial charge < -0.3 is 14.9 Å². The van der Waals surface area contributed by atoms with Crippen molar-refractivity contribution in [3.63, 3.8) is 0 Å². The number of nitrogens with zero attached hydrogens (tertiary/aromatic N) is 2. The summed E-state index contributed by atoms with van der Waals surface area (Å²) in [5, 5.41) is 20.4. The molecule has 0 spiro atoms. The highest BCUT2D eigenvalue weighted by Crippen LogP contribution is 2.38. The largest absolute Gasteiger partial charge is 0.504 e. The number of carbonyl (C=O) groups is 1. The predicted octanol–water partition coefficient (Wildman–Crippen LogP) is 3.08. The molecular weight excluding hydrogens is 284 g/mol. The topological polar surface area (TPSA) is 84.6 Å². The minimum atomic E-state index is -1.17. The Kier molecular flexibility index (Phi) is 2.69. The molecule has 7 heteroatoms. The zero-order chi connectivity index (χ0) is 14.4. The van der Waals surface area contributed by atoms with E-state index in [9.17, 15) is 15.0 Å². The van der Waals surface area contributed by atoms with Crippen molar-refractivity contribution >= 4 is 39.5 Å². The van der Waals surface area contributed by atoms with Gasteiger partial charge in [0.05, 0.1) is 18.1 Å². The summed E-state index contributed by atoms with van der Waals surface area (Å²) >= 11 is 6.07. The molecule has 0 aliphatic heterocycles. The minimum absolute atomic E-state index is 0.144. The van der Waals surface area contributed by atoms with Gasteiger partial charge in [-0.15, -0.1) is 0 Å². The summed E-state index contributed by atoms with van der Waals surface area (Å²) in [6.45, 7) is 0. The van der Waals surface area contributed by atoms with Gasteiger partial charge in [0.1, 0.15) is 5.15 Å². The third kappa shape index (κ3) is 1.58. The van der Waals surface area contributed by atoms with Crippen molar-refractivity contribution in [3.8, 4) is 11.5 Å². The van der Waals surface area contributed by atoms with Gasteiger partial charge in [-0.05, 0) is 12.1 Å². The van der Waals surface area contributed by atoms with Gasteiger partial charge in [0.15, 0.2) is 11.5 Å². The fourth-order valence-corrected chi connectivity index (χ4v) is 2.56. The number of aromatic hydroxyl groups is 1. The third-order valence-electron chi connectivity index (χ3n) is 3.12. The van der Waals surface area contributed by atoms with Gasteiger partial charge in [-0.3, -0.25) is 0 Å². The number of methoxy groups -OCH3 is 1. The molecule has 2 heterocycles. The monoisotopic (exact) mass is 292 g/mol. The first kappa shape index (κ1) is 12.6. The lowest BCUT2D eigenvalue weighted by Crippen LogP contribution is -2.07. The molecule has 20 heavy (non-hydrogen) atoms. The number of aromatic nitrogens is 2. The van der Waals surface area contributed by atoms with Gasteiger partial charge in [0.2, 0.25) is 0 Å². The molecule has 0 saturated carbocycles. The first-order valence-corrected chi connectivity index (χ1v) is 6.01. The maximum absolute atomic E-state index is 11.5. The highest BCUT2D eigenvalue weighted by Gasteiger charge is 2.19. The van der Waals surface area contributed by atoms with Gasteiger partial charge in [-0.2, -0.15) is 0 Å². The van der Waals surface area contributed by atoms with E-state index in [0.717, 1.165) is 4.57 Å². The summed E-state index contributed by atoms with van der Waals surface area (Å²) in [5.74, 6) is 0.0937. The Bertz CT molecular complexity index is 857. The Hall–Kier alpha value is -2.47. The Morgan fingerprint density at radius 1 is 1.40 bits per heavy atom. The molecule has 0 atom stereocenters. The summed E-state index contributed by atoms with van der Waals surface area (Å²) in [4.78, 5) is 15.4. The molecule has 0 saturated heterocycles. The molecule has 0 amide bonds. The molecule has 102 valence electrons. The fourth-order valence-electron chi connectivity index (χ4n) is 2.30. The van der Waals surface area contributed by atoms with Crippen molar-refractivity contribution in [1.82, 2.24) is 9.55 Å². The molecule has 0 radical (unpaired) electrons. The molecule has 0 aliphatic carbocycles. The number of ether oxygens (including phenoxy) is 1. The maximum Gasteiger partial charge on any atom is 0.416 e.